The maximum atomic E-state index is 12.7. The Labute approximate surface area is 183 Å². The first-order valence-corrected chi connectivity index (χ1v) is 11.3. The minimum Gasteiger partial charge on any atom is -0.378 e. The molecule has 2 unspecified atom stereocenters. The molecule has 1 aliphatic heterocycles. The van der Waals surface area contributed by atoms with E-state index in [9.17, 15) is 13.2 Å². The van der Waals surface area contributed by atoms with Gasteiger partial charge in [0.15, 0.2) is 0 Å². The minimum absolute atomic E-state index is 0.0132. The predicted molar refractivity (Wildman–Crippen MR) is 117 cm³/mol. The Morgan fingerprint density at radius 2 is 1.94 bits per heavy atom. The Balaban J connectivity index is 1.54. The van der Waals surface area contributed by atoms with Gasteiger partial charge in [0.25, 0.3) is 0 Å². The summed E-state index contributed by atoms with van der Waals surface area (Å²) >= 11 is 0. The molecule has 0 bridgehead atoms. The lowest BCUT2D eigenvalue weighted by atomic mass is 9.71. The summed E-state index contributed by atoms with van der Waals surface area (Å²) in [6.07, 6.45) is 4.93. The van der Waals surface area contributed by atoms with Crippen LogP contribution in [0.15, 0.2) is 48.7 Å². The van der Waals surface area contributed by atoms with Crippen LogP contribution < -0.4 is 5.32 Å². The van der Waals surface area contributed by atoms with E-state index >= 15 is 0 Å². The molecule has 0 radical (unpaired) electrons. The van der Waals surface area contributed by atoms with Crippen molar-refractivity contribution in [3.8, 4) is 0 Å². The molecule has 1 aromatic carbocycles. The third-order valence-corrected chi connectivity index (χ3v) is 6.29. The number of hydrogen-bond donors (Lipinski definition) is 1. The zero-order valence-corrected chi connectivity index (χ0v) is 18.3. The van der Waals surface area contributed by atoms with E-state index < -0.39 is 11.7 Å². The van der Waals surface area contributed by atoms with Crippen LogP contribution in [0.4, 0.5) is 13.2 Å². The zero-order valence-electron chi connectivity index (χ0n) is 18.3. The summed E-state index contributed by atoms with van der Waals surface area (Å²) < 4.78 is 44.1. The second-order valence-electron chi connectivity index (χ2n) is 8.53. The fourth-order valence-electron chi connectivity index (χ4n) is 4.44. The number of rotatable bonds is 10. The smallest absolute Gasteiger partial charge is 0.378 e. The van der Waals surface area contributed by atoms with Crippen LogP contribution in [0.5, 0.6) is 0 Å². The molecule has 2 aromatic rings. The highest BCUT2D eigenvalue weighted by atomic mass is 19.4. The van der Waals surface area contributed by atoms with Crippen molar-refractivity contribution in [1.29, 1.82) is 0 Å². The number of ether oxygens (including phenoxy) is 1. The molecule has 3 rings (SSSR count). The summed E-state index contributed by atoms with van der Waals surface area (Å²) in [6.45, 7) is 4.54. The zero-order chi connectivity index (χ0) is 22.2. The summed E-state index contributed by atoms with van der Waals surface area (Å²) in [5.41, 5.74) is 1.47. The quantitative estimate of drug-likeness (QED) is 0.471. The third-order valence-electron chi connectivity index (χ3n) is 6.29. The van der Waals surface area contributed by atoms with E-state index in [4.69, 9.17) is 4.74 Å². The van der Waals surface area contributed by atoms with Crippen molar-refractivity contribution in [3.63, 3.8) is 0 Å². The molecule has 1 aliphatic rings. The van der Waals surface area contributed by atoms with Gasteiger partial charge in [0.1, 0.15) is 0 Å². The molecular weight excluding hydrogens is 401 g/mol. The van der Waals surface area contributed by atoms with E-state index in [0.717, 1.165) is 68.8 Å². The van der Waals surface area contributed by atoms with E-state index in [1.807, 2.05) is 12.3 Å². The predicted octanol–water partition coefficient (Wildman–Crippen LogP) is 5.93. The maximum Gasteiger partial charge on any atom is 0.416 e. The molecule has 0 saturated carbocycles. The normalized spacial score (nSPS) is 21.9. The van der Waals surface area contributed by atoms with Gasteiger partial charge in [-0.3, -0.25) is 4.98 Å². The molecule has 2 heterocycles. The van der Waals surface area contributed by atoms with Crippen LogP contribution in [0.1, 0.15) is 62.3 Å². The van der Waals surface area contributed by atoms with Crippen LogP contribution in [0, 0.1) is 0 Å². The lowest BCUT2D eigenvalue weighted by Gasteiger charge is -2.41. The number of hydrogen-bond acceptors (Lipinski definition) is 3. The Morgan fingerprint density at radius 3 is 2.61 bits per heavy atom. The molecule has 6 heteroatoms. The summed E-state index contributed by atoms with van der Waals surface area (Å²) in [5, 5.41) is 3.49. The molecule has 0 aliphatic carbocycles. The molecule has 1 aromatic heterocycles. The van der Waals surface area contributed by atoms with Crippen molar-refractivity contribution in [2.75, 3.05) is 19.7 Å². The van der Waals surface area contributed by atoms with E-state index in [2.05, 4.69) is 29.4 Å². The fraction of sp³-hybridized carbons (Fsp3) is 0.560. The highest BCUT2D eigenvalue weighted by Gasteiger charge is 2.39. The van der Waals surface area contributed by atoms with Gasteiger partial charge in [0, 0.05) is 23.9 Å². The highest BCUT2D eigenvalue weighted by molar-refractivity contribution is 5.25. The Hall–Kier alpha value is -1.92. The van der Waals surface area contributed by atoms with Gasteiger partial charge in [-0.15, -0.1) is 0 Å². The van der Waals surface area contributed by atoms with E-state index in [0.29, 0.717) is 6.42 Å². The van der Waals surface area contributed by atoms with E-state index in [1.54, 1.807) is 12.1 Å². The first kappa shape index (κ1) is 23.7. The number of unbranched alkanes of at least 4 members (excludes halogenated alkanes) is 1. The van der Waals surface area contributed by atoms with Gasteiger partial charge in [-0.05, 0) is 75.0 Å². The fourth-order valence-corrected chi connectivity index (χ4v) is 4.44. The van der Waals surface area contributed by atoms with Crippen LogP contribution in [-0.2, 0) is 22.7 Å². The van der Waals surface area contributed by atoms with Gasteiger partial charge in [-0.2, -0.15) is 13.2 Å². The first-order valence-electron chi connectivity index (χ1n) is 11.3. The number of pyridine rings is 1. The monoisotopic (exact) mass is 434 g/mol. The largest absolute Gasteiger partial charge is 0.416 e. The van der Waals surface area contributed by atoms with Crippen LogP contribution in [-0.4, -0.2) is 30.8 Å². The molecule has 1 N–H and O–H groups in total. The second kappa shape index (κ2) is 11.1. The van der Waals surface area contributed by atoms with Gasteiger partial charge >= 0.3 is 6.18 Å². The van der Waals surface area contributed by atoms with Crippen molar-refractivity contribution < 1.29 is 17.9 Å². The number of nitrogens with zero attached hydrogens (tertiary/aromatic N) is 1. The first-order chi connectivity index (χ1) is 14.9. The lowest BCUT2D eigenvalue weighted by Crippen LogP contribution is -2.41. The Bertz CT molecular complexity index is 780. The van der Waals surface area contributed by atoms with Gasteiger partial charge in [-0.1, -0.05) is 38.0 Å². The van der Waals surface area contributed by atoms with Crippen LogP contribution >= 0.6 is 0 Å². The topological polar surface area (TPSA) is 34.2 Å². The van der Waals surface area contributed by atoms with Crippen molar-refractivity contribution in [2.24, 2.45) is 0 Å². The molecule has 31 heavy (non-hydrogen) atoms. The van der Waals surface area contributed by atoms with Crippen molar-refractivity contribution >= 4 is 0 Å². The second-order valence-corrected chi connectivity index (χ2v) is 8.53. The third kappa shape index (κ3) is 6.78. The number of aromatic nitrogens is 1. The van der Waals surface area contributed by atoms with Gasteiger partial charge in [0.05, 0.1) is 11.7 Å². The minimum atomic E-state index is -4.28. The van der Waals surface area contributed by atoms with Gasteiger partial charge in [-0.25, -0.2) is 0 Å². The summed E-state index contributed by atoms with van der Waals surface area (Å²) in [5.74, 6) is 0. The summed E-state index contributed by atoms with van der Waals surface area (Å²) in [4.78, 5) is 4.69. The molecule has 170 valence electrons. The Morgan fingerprint density at radius 1 is 1.13 bits per heavy atom. The molecule has 1 saturated heterocycles. The molecule has 1 fully saturated rings. The molecule has 2 atom stereocenters. The molecular formula is C25H33F3N2O. The van der Waals surface area contributed by atoms with E-state index in [1.165, 1.54) is 12.8 Å². The van der Waals surface area contributed by atoms with Crippen molar-refractivity contribution in [3.05, 3.63) is 65.5 Å². The molecule has 0 amide bonds. The number of nitrogens with one attached hydrogen (secondary N) is 1. The Kier molecular flexibility index (Phi) is 8.50. The number of halogens is 3. The summed E-state index contributed by atoms with van der Waals surface area (Å²) in [7, 11) is 0. The van der Waals surface area contributed by atoms with Crippen molar-refractivity contribution in [2.45, 2.75) is 69.6 Å². The van der Waals surface area contributed by atoms with Crippen LogP contribution in [0.25, 0.3) is 0 Å². The average molecular weight is 435 g/mol. The van der Waals surface area contributed by atoms with Crippen LogP contribution in [0.3, 0.4) is 0 Å². The summed E-state index contributed by atoms with van der Waals surface area (Å²) in [6, 6.07) is 11.6. The van der Waals surface area contributed by atoms with Gasteiger partial charge < -0.3 is 10.1 Å². The van der Waals surface area contributed by atoms with Crippen molar-refractivity contribution in [1.82, 2.24) is 10.3 Å². The van der Waals surface area contributed by atoms with Crippen LogP contribution in [0.2, 0.25) is 0 Å². The standard InChI is InChI=1S/C25H33F3N2O/c1-2-3-6-22-19-24(14-18-31-22,23-7-4-5-15-30-23)13-17-29-16-12-20-8-10-21(11-9-20)25(26,27)28/h4-5,7-11,15,22,29H,2-3,6,12-14,16-19H2,1H3. The molecule has 0 spiro atoms. The van der Waals surface area contributed by atoms with Gasteiger partial charge in [0.2, 0.25) is 0 Å². The van der Waals surface area contributed by atoms with E-state index in [-0.39, 0.29) is 11.5 Å². The number of benzene rings is 1. The highest BCUT2D eigenvalue weighted by Crippen LogP contribution is 2.40. The SMILES string of the molecule is CCCCC1CC(CCNCCc2ccc(C(F)(F)F)cc2)(c2ccccn2)CCO1. The number of alkyl halides is 3. The molecule has 3 nitrogen and oxygen atoms in total. The average Bonchev–Trinajstić information content (AvgIpc) is 2.78. The lowest BCUT2D eigenvalue weighted by molar-refractivity contribution is -0.137. The maximum absolute atomic E-state index is 12.7.